The van der Waals surface area contributed by atoms with Gasteiger partial charge in [0.05, 0.1) is 6.61 Å². The van der Waals surface area contributed by atoms with Crippen molar-refractivity contribution < 1.29 is 4.74 Å². The molecule has 5 rings (SSSR count). The quantitative estimate of drug-likeness (QED) is 0.751. The largest absolute Gasteiger partial charge is 0.493 e. The van der Waals surface area contributed by atoms with Crippen molar-refractivity contribution in [1.29, 1.82) is 0 Å². The van der Waals surface area contributed by atoms with Crippen LogP contribution in [-0.2, 0) is 6.42 Å². The highest BCUT2D eigenvalue weighted by molar-refractivity contribution is 5.43. The Morgan fingerprint density at radius 1 is 1.22 bits per heavy atom. The number of hydrogen-bond acceptors (Lipinski definition) is 6. The molecule has 0 bridgehead atoms. The van der Waals surface area contributed by atoms with Crippen LogP contribution in [0.4, 0.5) is 5.95 Å². The van der Waals surface area contributed by atoms with Crippen LogP contribution >= 0.6 is 0 Å². The lowest BCUT2D eigenvalue weighted by Gasteiger charge is -2.37. The van der Waals surface area contributed by atoms with Gasteiger partial charge in [0.25, 0.3) is 5.56 Å². The molecule has 2 aliphatic rings. The van der Waals surface area contributed by atoms with Gasteiger partial charge in [0.2, 0.25) is 11.6 Å². The maximum absolute atomic E-state index is 11.8. The molecule has 0 aliphatic carbocycles. The Kier molecular flexibility index (Phi) is 3.86. The van der Waals surface area contributed by atoms with Gasteiger partial charge in [-0.15, -0.1) is 5.10 Å². The smallest absolute Gasteiger partial charge is 0.293 e. The summed E-state index contributed by atoms with van der Waals surface area (Å²) in [4.78, 5) is 23.5. The molecule has 8 nitrogen and oxygen atoms in total. The van der Waals surface area contributed by atoms with E-state index in [0.29, 0.717) is 17.6 Å². The van der Waals surface area contributed by atoms with Crippen LogP contribution in [0.25, 0.3) is 5.65 Å². The minimum Gasteiger partial charge on any atom is -0.493 e. The van der Waals surface area contributed by atoms with Gasteiger partial charge in [-0.2, -0.15) is 4.98 Å². The normalized spacial score (nSPS) is 18.5. The molecule has 140 valence electrons. The van der Waals surface area contributed by atoms with Crippen LogP contribution in [0.2, 0.25) is 0 Å². The lowest BCUT2D eigenvalue weighted by atomic mass is 10.0. The Labute approximate surface area is 156 Å². The van der Waals surface area contributed by atoms with Crippen molar-refractivity contribution in [2.75, 3.05) is 37.7 Å². The minimum atomic E-state index is -0.220. The predicted octanol–water partition coefficient (Wildman–Crippen LogP) is 1.24. The van der Waals surface area contributed by atoms with Gasteiger partial charge in [-0.25, -0.2) is 4.52 Å². The second kappa shape index (κ2) is 6.38. The molecule has 2 aromatic heterocycles. The summed E-state index contributed by atoms with van der Waals surface area (Å²) in [6.45, 7) is 6.55. The summed E-state index contributed by atoms with van der Waals surface area (Å²) in [6, 6.07) is 6.94. The number of hydrogen-bond donors (Lipinski definition) is 1. The maximum Gasteiger partial charge on any atom is 0.293 e. The first kappa shape index (κ1) is 16.3. The zero-order valence-corrected chi connectivity index (χ0v) is 15.3. The van der Waals surface area contributed by atoms with Gasteiger partial charge < -0.3 is 14.6 Å². The molecule has 1 saturated heterocycles. The van der Waals surface area contributed by atoms with Crippen molar-refractivity contribution in [2.24, 2.45) is 0 Å². The summed E-state index contributed by atoms with van der Waals surface area (Å²) < 4.78 is 7.25. The number of rotatable bonds is 3. The maximum atomic E-state index is 11.8. The van der Waals surface area contributed by atoms with E-state index in [4.69, 9.17) is 4.74 Å². The number of benzene rings is 1. The molecule has 27 heavy (non-hydrogen) atoms. The molecule has 0 saturated carbocycles. The lowest BCUT2D eigenvalue weighted by molar-refractivity contribution is 0.197. The number of aromatic nitrogens is 4. The molecule has 0 spiro atoms. The molecule has 4 heterocycles. The monoisotopic (exact) mass is 366 g/mol. The van der Waals surface area contributed by atoms with Gasteiger partial charge >= 0.3 is 0 Å². The van der Waals surface area contributed by atoms with E-state index in [1.54, 1.807) is 12.4 Å². The fourth-order valence-electron chi connectivity index (χ4n) is 3.92. The average Bonchev–Trinajstić information content (AvgIpc) is 3.34. The van der Waals surface area contributed by atoms with Crippen molar-refractivity contribution >= 4 is 11.6 Å². The first-order valence-electron chi connectivity index (χ1n) is 9.38. The summed E-state index contributed by atoms with van der Waals surface area (Å²) in [5, 5.41) is 4.44. The van der Waals surface area contributed by atoms with E-state index in [-0.39, 0.29) is 5.56 Å². The molecule has 3 aromatic rings. The van der Waals surface area contributed by atoms with E-state index in [1.165, 1.54) is 15.6 Å². The first-order valence-corrected chi connectivity index (χ1v) is 9.38. The SMILES string of the molecule is CC(c1ccc2c(c1)OCC2)N1CCN(c2nc3c(=O)[nH]ccn3n2)CC1. The van der Waals surface area contributed by atoms with Crippen LogP contribution in [0.1, 0.15) is 24.1 Å². The van der Waals surface area contributed by atoms with Gasteiger partial charge in [-0.1, -0.05) is 12.1 Å². The van der Waals surface area contributed by atoms with E-state index in [1.807, 2.05) is 0 Å². The van der Waals surface area contributed by atoms with Crippen LogP contribution in [0.15, 0.2) is 35.4 Å². The van der Waals surface area contributed by atoms with Crippen molar-refractivity contribution in [2.45, 2.75) is 19.4 Å². The molecular formula is C19H22N6O2. The Hall–Kier alpha value is -2.87. The van der Waals surface area contributed by atoms with E-state index in [0.717, 1.165) is 45.0 Å². The lowest BCUT2D eigenvalue weighted by Crippen LogP contribution is -2.47. The van der Waals surface area contributed by atoms with Crippen LogP contribution in [-0.4, -0.2) is 57.3 Å². The molecule has 0 radical (unpaired) electrons. The summed E-state index contributed by atoms with van der Waals surface area (Å²) in [6.07, 6.45) is 4.30. The number of aromatic amines is 1. The third-order valence-electron chi connectivity index (χ3n) is 5.60. The molecule has 1 fully saturated rings. The number of anilines is 1. The van der Waals surface area contributed by atoms with Gasteiger partial charge in [-0.05, 0) is 24.1 Å². The second-order valence-electron chi connectivity index (χ2n) is 7.13. The van der Waals surface area contributed by atoms with E-state index in [9.17, 15) is 4.79 Å². The summed E-state index contributed by atoms with van der Waals surface area (Å²) in [5.41, 5.74) is 2.72. The van der Waals surface area contributed by atoms with Gasteiger partial charge in [0, 0.05) is 51.0 Å². The predicted molar refractivity (Wildman–Crippen MR) is 101 cm³/mol. The molecule has 8 heteroatoms. The van der Waals surface area contributed by atoms with Crippen LogP contribution in [0, 0.1) is 0 Å². The van der Waals surface area contributed by atoms with E-state index >= 15 is 0 Å². The van der Waals surface area contributed by atoms with Crippen molar-refractivity contribution in [3.8, 4) is 5.75 Å². The molecule has 1 unspecified atom stereocenters. The second-order valence-corrected chi connectivity index (χ2v) is 7.13. The third-order valence-corrected chi connectivity index (χ3v) is 5.60. The zero-order valence-electron chi connectivity index (χ0n) is 15.3. The van der Waals surface area contributed by atoms with Crippen LogP contribution in [0.3, 0.4) is 0 Å². The van der Waals surface area contributed by atoms with Crippen LogP contribution in [0.5, 0.6) is 5.75 Å². The number of fused-ring (bicyclic) bond motifs is 2. The van der Waals surface area contributed by atoms with Gasteiger partial charge in [0.1, 0.15) is 5.75 Å². The minimum absolute atomic E-state index is 0.220. The zero-order chi connectivity index (χ0) is 18.4. The van der Waals surface area contributed by atoms with E-state index in [2.05, 4.69) is 50.0 Å². The Bertz CT molecular complexity index is 1030. The summed E-state index contributed by atoms with van der Waals surface area (Å²) in [5.74, 6) is 1.65. The topological polar surface area (TPSA) is 78.8 Å². The van der Waals surface area contributed by atoms with E-state index < -0.39 is 0 Å². The number of piperazine rings is 1. The average molecular weight is 366 g/mol. The Morgan fingerprint density at radius 3 is 2.89 bits per heavy atom. The first-order chi connectivity index (χ1) is 13.2. The molecule has 1 aromatic carbocycles. The van der Waals surface area contributed by atoms with Gasteiger partial charge in [-0.3, -0.25) is 9.69 Å². The highest BCUT2D eigenvalue weighted by Gasteiger charge is 2.25. The highest BCUT2D eigenvalue weighted by atomic mass is 16.5. The Balaban J connectivity index is 1.29. The Morgan fingerprint density at radius 2 is 2.07 bits per heavy atom. The molecular weight excluding hydrogens is 344 g/mol. The molecule has 0 amide bonds. The van der Waals surface area contributed by atoms with Gasteiger partial charge in [0.15, 0.2) is 0 Å². The summed E-state index contributed by atoms with van der Waals surface area (Å²) in [7, 11) is 0. The number of nitrogens with one attached hydrogen (secondary N) is 1. The molecule has 1 atom stereocenters. The molecule has 2 aliphatic heterocycles. The van der Waals surface area contributed by atoms with Crippen molar-refractivity contribution in [1.82, 2.24) is 24.5 Å². The standard InChI is InChI=1S/C19H22N6O2/c1-13(15-3-2-14-4-11-27-16(14)12-15)23-7-9-24(10-8-23)19-21-17-18(26)20-5-6-25(17)22-19/h2-3,5-6,12-13H,4,7-11H2,1H3,(H,20,26). The fraction of sp³-hybridized carbons (Fsp3) is 0.421. The summed E-state index contributed by atoms with van der Waals surface area (Å²) >= 11 is 0. The number of H-pyrrole nitrogens is 1. The fourth-order valence-corrected chi connectivity index (χ4v) is 3.92. The third kappa shape index (κ3) is 2.86. The van der Waals surface area contributed by atoms with Crippen molar-refractivity contribution in [3.05, 3.63) is 52.1 Å². The number of ether oxygens (including phenoxy) is 1. The number of nitrogens with zero attached hydrogens (tertiary/aromatic N) is 5. The molecule has 1 N–H and O–H groups in total. The van der Waals surface area contributed by atoms with Crippen LogP contribution < -0.4 is 15.2 Å². The highest BCUT2D eigenvalue weighted by Crippen LogP contribution is 2.31. The van der Waals surface area contributed by atoms with Crippen molar-refractivity contribution in [3.63, 3.8) is 0 Å².